The molecule has 1 fully saturated rings. The smallest absolute Gasteiger partial charge is 0.0811 e. The van der Waals surface area contributed by atoms with Gasteiger partial charge in [0.2, 0.25) is 0 Å². The van der Waals surface area contributed by atoms with Crippen LogP contribution in [0.5, 0.6) is 0 Å². The molecule has 0 aromatic carbocycles. The van der Waals surface area contributed by atoms with E-state index in [1.54, 1.807) is 0 Å². The van der Waals surface area contributed by atoms with Gasteiger partial charge in [0.05, 0.1) is 12.2 Å². The Kier molecular flexibility index (Phi) is 2.45. The van der Waals surface area contributed by atoms with Gasteiger partial charge in [-0.2, -0.15) is 0 Å². The van der Waals surface area contributed by atoms with E-state index in [-0.39, 0.29) is 0 Å². The van der Waals surface area contributed by atoms with E-state index in [0.717, 1.165) is 13.1 Å². The van der Waals surface area contributed by atoms with Crippen LogP contribution in [0.15, 0.2) is 0 Å². The van der Waals surface area contributed by atoms with E-state index in [9.17, 15) is 0 Å². The summed E-state index contributed by atoms with van der Waals surface area (Å²) in [5.41, 5.74) is 0. The number of hydrogen-bond acceptors (Lipinski definition) is 3. The standard InChI is InChI=1S/C6H13NO2/c8-5-1-3-7-4-2-6(5)9/h5-9H,1-4H2/t5-,6-/m1/s1. The predicted molar refractivity (Wildman–Crippen MR) is 34.1 cm³/mol. The van der Waals surface area contributed by atoms with Gasteiger partial charge in [-0.25, -0.2) is 0 Å². The summed E-state index contributed by atoms with van der Waals surface area (Å²) in [6, 6.07) is 0. The first kappa shape index (κ1) is 6.99. The van der Waals surface area contributed by atoms with Crippen molar-refractivity contribution in [3.05, 3.63) is 0 Å². The SMILES string of the molecule is O[C@@H]1CCNCC[C@H]1O. The maximum absolute atomic E-state index is 9.07. The van der Waals surface area contributed by atoms with Gasteiger partial charge in [0.15, 0.2) is 0 Å². The molecule has 3 heteroatoms. The Morgan fingerprint density at radius 3 is 1.89 bits per heavy atom. The Bertz CT molecular complexity index is 77.1. The maximum atomic E-state index is 9.07. The van der Waals surface area contributed by atoms with Gasteiger partial charge < -0.3 is 15.5 Å². The molecule has 0 aromatic heterocycles. The predicted octanol–water partition coefficient (Wildman–Crippen LogP) is -0.908. The average molecular weight is 131 g/mol. The number of nitrogens with one attached hydrogen (secondary N) is 1. The molecule has 0 amide bonds. The van der Waals surface area contributed by atoms with E-state index in [1.165, 1.54) is 0 Å². The molecule has 1 rings (SSSR count). The lowest BCUT2D eigenvalue weighted by Crippen LogP contribution is -2.24. The van der Waals surface area contributed by atoms with Gasteiger partial charge in [-0.1, -0.05) is 0 Å². The minimum absolute atomic E-state index is 0.514. The van der Waals surface area contributed by atoms with Gasteiger partial charge in [0.25, 0.3) is 0 Å². The molecule has 2 atom stereocenters. The van der Waals surface area contributed by atoms with E-state index in [0.29, 0.717) is 12.8 Å². The highest BCUT2D eigenvalue weighted by Gasteiger charge is 2.17. The molecule has 3 nitrogen and oxygen atoms in total. The molecular weight excluding hydrogens is 118 g/mol. The lowest BCUT2D eigenvalue weighted by Gasteiger charge is -2.11. The van der Waals surface area contributed by atoms with Crippen molar-refractivity contribution in [2.75, 3.05) is 13.1 Å². The van der Waals surface area contributed by atoms with E-state index < -0.39 is 12.2 Å². The molecule has 3 N–H and O–H groups in total. The lowest BCUT2D eigenvalue weighted by atomic mass is 10.1. The van der Waals surface area contributed by atoms with Crippen LogP contribution in [0.1, 0.15) is 12.8 Å². The molecule has 54 valence electrons. The number of hydrogen-bond donors (Lipinski definition) is 3. The van der Waals surface area contributed by atoms with Crippen LogP contribution in [0.4, 0.5) is 0 Å². The topological polar surface area (TPSA) is 52.5 Å². The summed E-state index contributed by atoms with van der Waals surface area (Å²) in [5.74, 6) is 0. The zero-order chi connectivity index (χ0) is 6.69. The van der Waals surface area contributed by atoms with Crippen molar-refractivity contribution in [2.24, 2.45) is 0 Å². The molecule has 0 saturated carbocycles. The Morgan fingerprint density at radius 1 is 1.00 bits per heavy atom. The van der Waals surface area contributed by atoms with Crippen molar-refractivity contribution in [3.8, 4) is 0 Å². The van der Waals surface area contributed by atoms with Crippen LogP contribution in [0.3, 0.4) is 0 Å². The van der Waals surface area contributed by atoms with Gasteiger partial charge in [0.1, 0.15) is 0 Å². The van der Waals surface area contributed by atoms with Crippen molar-refractivity contribution in [1.29, 1.82) is 0 Å². The van der Waals surface area contributed by atoms with Gasteiger partial charge in [0, 0.05) is 0 Å². The fourth-order valence-corrected chi connectivity index (χ4v) is 1.01. The first-order chi connectivity index (χ1) is 4.30. The second kappa shape index (κ2) is 3.15. The van der Waals surface area contributed by atoms with E-state index in [2.05, 4.69) is 5.32 Å². The molecule has 0 spiro atoms. The lowest BCUT2D eigenvalue weighted by molar-refractivity contribution is 0.0187. The Morgan fingerprint density at radius 2 is 1.44 bits per heavy atom. The van der Waals surface area contributed by atoms with Gasteiger partial charge in [-0.3, -0.25) is 0 Å². The normalized spacial score (nSPS) is 38.0. The van der Waals surface area contributed by atoms with Crippen molar-refractivity contribution >= 4 is 0 Å². The van der Waals surface area contributed by atoms with Crippen molar-refractivity contribution < 1.29 is 10.2 Å². The largest absolute Gasteiger partial charge is 0.390 e. The first-order valence-electron chi connectivity index (χ1n) is 3.37. The minimum atomic E-state index is -0.514. The second-order valence-corrected chi connectivity index (χ2v) is 2.46. The molecule has 0 bridgehead atoms. The highest BCUT2D eigenvalue weighted by Crippen LogP contribution is 2.04. The van der Waals surface area contributed by atoms with E-state index in [1.807, 2.05) is 0 Å². The van der Waals surface area contributed by atoms with Crippen LogP contribution in [0.2, 0.25) is 0 Å². The van der Waals surface area contributed by atoms with Crippen LogP contribution >= 0.6 is 0 Å². The number of aliphatic hydroxyl groups excluding tert-OH is 2. The summed E-state index contributed by atoms with van der Waals surface area (Å²) < 4.78 is 0. The highest BCUT2D eigenvalue weighted by molar-refractivity contribution is 4.72. The quantitative estimate of drug-likeness (QED) is 0.399. The first-order valence-corrected chi connectivity index (χ1v) is 3.37. The molecule has 1 aliphatic rings. The molecule has 0 unspecified atom stereocenters. The van der Waals surface area contributed by atoms with Gasteiger partial charge >= 0.3 is 0 Å². The van der Waals surface area contributed by atoms with Crippen LogP contribution in [0.25, 0.3) is 0 Å². The molecule has 1 aliphatic heterocycles. The summed E-state index contributed by atoms with van der Waals surface area (Å²) in [7, 11) is 0. The Labute approximate surface area is 54.7 Å². The minimum Gasteiger partial charge on any atom is -0.390 e. The summed E-state index contributed by atoms with van der Waals surface area (Å²) in [6.07, 6.45) is 0.308. The van der Waals surface area contributed by atoms with Crippen LogP contribution < -0.4 is 5.32 Å². The van der Waals surface area contributed by atoms with Gasteiger partial charge in [-0.15, -0.1) is 0 Å². The van der Waals surface area contributed by atoms with E-state index in [4.69, 9.17) is 10.2 Å². The molecule has 1 saturated heterocycles. The summed E-state index contributed by atoms with van der Waals surface area (Å²) >= 11 is 0. The molecule has 0 aromatic rings. The molecule has 0 aliphatic carbocycles. The average Bonchev–Trinajstić information content (AvgIpc) is 1.99. The summed E-state index contributed by atoms with van der Waals surface area (Å²) in [4.78, 5) is 0. The van der Waals surface area contributed by atoms with Gasteiger partial charge in [-0.05, 0) is 25.9 Å². The van der Waals surface area contributed by atoms with Crippen LogP contribution in [-0.4, -0.2) is 35.5 Å². The zero-order valence-corrected chi connectivity index (χ0v) is 5.38. The fourth-order valence-electron chi connectivity index (χ4n) is 1.01. The zero-order valence-electron chi connectivity index (χ0n) is 5.38. The maximum Gasteiger partial charge on any atom is 0.0811 e. The third kappa shape index (κ3) is 1.93. The molecule has 1 heterocycles. The van der Waals surface area contributed by atoms with Crippen LogP contribution in [0, 0.1) is 0 Å². The summed E-state index contributed by atoms with van der Waals surface area (Å²) in [5, 5.41) is 21.2. The Hall–Kier alpha value is -0.120. The third-order valence-electron chi connectivity index (χ3n) is 1.68. The van der Waals surface area contributed by atoms with Crippen LogP contribution in [-0.2, 0) is 0 Å². The molecule has 9 heavy (non-hydrogen) atoms. The monoisotopic (exact) mass is 131 g/mol. The van der Waals surface area contributed by atoms with Crippen molar-refractivity contribution in [1.82, 2.24) is 5.32 Å². The third-order valence-corrected chi connectivity index (χ3v) is 1.68. The van der Waals surface area contributed by atoms with E-state index >= 15 is 0 Å². The summed E-state index contributed by atoms with van der Waals surface area (Å²) in [6.45, 7) is 1.64. The highest BCUT2D eigenvalue weighted by atomic mass is 16.3. The fraction of sp³-hybridized carbons (Fsp3) is 1.00. The Balaban J connectivity index is 2.32. The second-order valence-electron chi connectivity index (χ2n) is 2.46. The van der Waals surface area contributed by atoms with Crippen molar-refractivity contribution in [3.63, 3.8) is 0 Å². The number of aliphatic hydroxyl groups is 2. The number of rotatable bonds is 0. The molecule has 0 radical (unpaired) electrons. The molecular formula is C6H13NO2. The van der Waals surface area contributed by atoms with Crippen molar-refractivity contribution in [2.45, 2.75) is 25.0 Å².